The smallest absolute Gasteiger partial charge is 0.419 e. The molecule has 0 saturated carbocycles. The fourth-order valence-electron chi connectivity index (χ4n) is 1.39. The van der Waals surface area contributed by atoms with E-state index in [4.69, 9.17) is 4.74 Å². The minimum absolute atomic E-state index is 0.0851. The van der Waals surface area contributed by atoms with Gasteiger partial charge in [-0.05, 0) is 19.2 Å². The SMILES string of the molecule is CNCc1nnc(Oc2ccccc2C(F)(F)F)s1. The van der Waals surface area contributed by atoms with Gasteiger partial charge in [-0.2, -0.15) is 13.2 Å². The van der Waals surface area contributed by atoms with Gasteiger partial charge in [0.25, 0.3) is 5.19 Å². The molecule has 0 aliphatic rings. The van der Waals surface area contributed by atoms with Gasteiger partial charge in [-0.1, -0.05) is 28.6 Å². The van der Waals surface area contributed by atoms with Crippen LogP contribution in [0.15, 0.2) is 24.3 Å². The summed E-state index contributed by atoms with van der Waals surface area (Å²) >= 11 is 1.10. The van der Waals surface area contributed by atoms with Crippen molar-refractivity contribution in [3.63, 3.8) is 0 Å². The van der Waals surface area contributed by atoms with E-state index in [1.807, 2.05) is 0 Å². The lowest BCUT2D eigenvalue weighted by atomic mass is 10.2. The van der Waals surface area contributed by atoms with Gasteiger partial charge in [-0.3, -0.25) is 0 Å². The van der Waals surface area contributed by atoms with Crippen LogP contribution in [0.4, 0.5) is 13.2 Å². The molecule has 1 aromatic heterocycles. The average Bonchev–Trinajstić information content (AvgIpc) is 2.76. The van der Waals surface area contributed by atoms with Crippen molar-refractivity contribution in [3.8, 4) is 10.9 Å². The topological polar surface area (TPSA) is 47.0 Å². The molecule has 0 saturated heterocycles. The molecule has 0 aliphatic heterocycles. The summed E-state index contributed by atoms with van der Waals surface area (Å²) in [5, 5.41) is 11.1. The van der Waals surface area contributed by atoms with Gasteiger partial charge in [0.05, 0.1) is 5.56 Å². The number of aromatic nitrogens is 2. The van der Waals surface area contributed by atoms with Crippen LogP contribution in [0.25, 0.3) is 0 Å². The van der Waals surface area contributed by atoms with E-state index in [0.29, 0.717) is 11.6 Å². The summed E-state index contributed by atoms with van der Waals surface area (Å²) in [5.74, 6) is -0.276. The molecule has 102 valence electrons. The van der Waals surface area contributed by atoms with Crippen LogP contribution in [0.2, 0.25) is 0 Å². The van der Waals surface area contributed by atoms with E-state index >= 15 is 0 Å². The molecule has 1 heterocycles. The van der Waals surface area contributed by atoms with Crippen molar-refractivity contribution in [1.82, 2.24) is 15.5 Å². The van der Waals surface area contributed by atoms with Gasteiger partial charge in [0.15, 0.2) is 0 Å². The number of hydrogen-bond donors (Lipinski definition) is 1. The Morgan fingerprint density at radius 2 is 2.00 bits per heavy atom. The second kappa shape index (κ2) is 5.54. The molecule has 4 nitrogen and oxygen atoms in total. The number of para-hydroxylation sites is 1. The van der Waals surface area contributed by atoms with Gasteiger partial charge in [0.2, 0.25) is 0 Å². The molecular weight excluding hydrogens is 279 g/mol. The molecule has 0 fully saturated rings. The maximum absolute atomic E-state index is 12.8. The van der Waals surface area contributed by atoms with Gasteiger partial charge in [-0.25, -0.2) is 0 Å². The molecule has 0 aliphatic carbocycles. The standard InChI is InChI=1S/C11H10F3N3OS/c1-15-6-9-16-17-10(19-9)18-8-5-3-2-4-7(8)11(12,13)14/h2-5,15H,6H2,1H3. The highest BCUT2D eigenvalue weighted by atomic mass is 32.1. The summed E-state index contributed by atoms with van der Waals surface area (Å²) in [6.07, 6.45) is -4.46. The van der Waals surface area contributed by atoms with Gasteiger partial charge in [0.1, 0.15) is 10.8 Å². The van der Waals surface area contributed by atoms with E-state index < -0.39 is 11.7 Å². The maximum atomic E-state index is 12.8. The second-order valence-electron chi connectivity index (χ2n) is 3.59. The van der Waals surface area contributed by atoms with Crippen LogP contribution in [0.3, 0.4) is 0 Å². The molecule has 0 amide bonds. The molecular formula is C11H10F3N3OS. The number of hydrogen-bond acceptors (Lipinski definition) is 5. The summed E-state index contributed by atoms with van der Waals surface area (Å²) in [5.41, 5.74) is -0.833. The Morgan fingerprint density at radius 1 is 1.26 bits per heavy atom. The maximum Gasteiger partial charge on any atom is 0.419 e. The third kappa shape index (κ3) is 3.42. The zero-order valence-corrected chi connectivity index (χ0v) is 10.7. The van der Waals surface area contributed by atoms with Gasteiger partial charge < -0.3 is 10.1 Å². The molecule has 1 N–H and O–H groups in total. The fourth-order valence-corrected chi connectivity index (χ4v) is 2.10. The van der Waals surface area contributed by atoms with Crippen molar-refractivity contribution in [2.24, 2.45) is 0 Å². The molecule has 2 aromatic rings. The van der Waals surface area contributed by atoms with Crippen molar-refractivity contribution in [3.05, 3.63) is 34.8 Å². The molecule has 19 heavy (non-hydrogen) atoms. The Labute approximate surface area is 111 Å². The van der Waals surface area contributed by atoms with Crippen LogP contribution in [0.1, 0.15) is 10.6 Å². The minimum atomic E-state index is -4.46. The normalized spacial score (nSPS) is 11.6. The monoisotopic (exact) mass is 289 g/mol. The fraction of sp³-hybridized carbons (Fsp3) is 0.273. The zero-order valence-electron chi connectivity index (χ0n) is 9.86. The van der Waals surface area contributed by atoms with Crippen LogP contribution in [-0.4, -0.2) is 17.2 Å². The number of benzene rings is 1. The van der Waals surface area contributed by atoms with Crippen molar-refractivity contribution in [2.75, 3.05) is 7.05 Å². The summed E-state index contributed by atoms with van der Waals surface area (Å²) in [6.45, 7) is 0.488. The highest BCUT2D eigenvalue weighted by molar-refractivity contribution is 7.13. The largest absolute Gasteiger partial charge is 0.429 e. The second-order valence-corrected chi connectivity index (χ2v) is 4.61. The number of halogens is 3. The lowest BCUT2D eigenvalue weighted by Crippen LogP contribution is -2.06. The predicted octanol–water partition coefficient (Wildman–Crippen LogP) is 3.07. The molecule has 0 unspecified atom stereocenters. The van der Waals surface area contributed by atoms with Crippen LogP contribution < -0.4 is 10.1 Å². The van der Waals surface area contributed by atoms with Crippen molar-refractivity contribution in [1.29, 1.82) is 0 Å². The van der Waals surface area contributed by atoms with E-state index in [0.717, 1.165) is 17.4 Å². The lowest BCUT2D eigenvalue weighted by Gasteiger charge is -2.11. The molecule has 0 spiro atoms. The van der Waals surface area contributed by atoms with Crippen LogP contribution in [0, 0.1) is 0 Å². The van der Waals surface area contributed by atoms with Crippen molar-refractivity contribution in [2.45, 2.75) is 12.7 Å². The lowest BCUT2D eigenvalue weighted by molar-refractivity contribution is -0.138. The average molecular weight is 289 g/mol. The Balaban J connectivity index is 2.23. The number of alkyl halides is 3. The van der Waals surface area contributed by atoms with Gasteiger partial charge in [0, 0.05) is 6.54 Å². The summed E-state index contributed by atoms with van der Waals surface area (Å²) in [6, 6.07) is 5.00. The first-order chi connectivity index (χ1) is 9.00. The Morgan fingerprint density at radius 3 is 2.68 bits per heavy atom. The highest BCUT2D eigenvalue weighted by Crippen LogP contribution is 2.38. The van der Waals surface area contributed by atoms with E-state index in [-0.39, 0.29) is 10.9 Å². The molecule has 2 rings (SSSR count). The first-order valence-electron chi connectivity index (χ1n) is 5.32. The number of rotatable bonds is 4. The Kier molecular flexibility index (Phi) is 4.01. The van der Waals surface area contributed by atoms with Crippen LogP contribution in [-0.2, 0) is 12.7 Å². The Hall–Kier alpha value is -1.67. The summed E-state index contributed by atoms with van der Waals surface area (Å²) in [7, 11) is 1.74. The molecule has 0 bridgehead atoms. The van der Waals surface area contributed by atoms with Crippen LogP contribution in [0.5, 0.6) is 10.9 Å². The van der Waals surface area contributed by atoms with E-state index in [1.54, 1.807) is 7.05 Å². The molecule has 8 heteroatoms. The van der Waals surface area contributed by atoms with Crippen LogP contribution >= 0.6 is 11.3 Å². The minimum Gasteiger partial charge on any atom is -0.429 e. The van der Waals surface area contributed by atoms with E-state index in [9.17, 15) is 13.2 Å². The number of nitrogens with one attached hydrogen (secondary N) is 1. The summed E-state index contributed by atoms with van der Waals surface area (Å²) in [4.78, 5) is 0. The third-order valence-corrected chi connectivity index (χ3v) is 2.97. The summed E-state index contributed by atoms with van der Waals surface area (Å²) < 4.78 is 43.4. The first kappa shape index (κ1) is 13.8. The number of ether oxygens (including phenoxy) is 1. The Bertz CT molecular complexity index is 556. The van der Waals surface area contributed by atoms with Gasteiger partial charge in [-0.15, -0.1) is 5.10 Å². The quantitative estimate of drug-likeness (QED) is 0.939. The van der Waals surface area contributed by atoms with Gasteiger partial charge >= 0.3 is 6.18 Å². The predicted molar refractivity (Wildman–Crippen MR) is 64.2 cm³/mol. The molecule has 0 radical (unpaired) electrons. The van der Waals surface area contributed by atoms with E-state index in [1.165, 1.54) is 18.2 Å². The third-order valence-electron chi connectivity index (χ3n) is 2.17. The molecule has 1 aromatic carbocycles. The van der Waals surface area contributed by atoms with Crippen molar-refractivity contribution < 1.29 is 17.9 Å². The zero-order chi connectivity index (χ0) is 13.9. The highest BCUT2D eigenvalue weighted by Gasteiger charge is 2.34. The number of nitrogens with zero attached hydrogens (tertiary/aromatic N) is 2. The van der Waals surface area contributed by atoms with E-state index in [2.05, 4.69) is 15.5 Å². The van der Waals surface area contributed by atoms with Crippen molar-refractivity contribution >= 4 is 11.3 Å². The first-order valence-corrected chi connectivity index (χ1v) is 6.13. The molecule has 0 atom stereocenters.